The number of nitrogens with zero attached hydrogens (tertiary/aromatic N) is 1. The summed E-state index contributed by atoms with van der Waals surface area (Å²) in [6, 6.07) is 0. The first-order valence-electron chi connectivity index (χ1n) is 5.79. The zero-order valence-corrected chi connectivity index (χ0v) is 11.7. The van der Waals surface area contributed by atoms with Crippen molar-refractivity contribution >= 4 is 30.2 Å². The SMILES string of the molecule is CC1=CC(=O)C(C2(CO)C=CC=NC2)=C(C)C1=O.Cl. The van der Waals surface area contributed by atoms with Crippen LogP contribution in [0.5, 0.6) is 0 Å². The van der Waals surface area contributed by atoms with Gasteiger partial charge in [0.2, 0.25) is 0 Å². The minimum Gasteiger partial charge on any atom is -0.395 e. The van der Waals surface area contributed by atoms with E-state index in [2.05, 4.69) is 4.99 Å². The molecule has 2 aliphatic rings. The van der Waals surface area contributed by atoms with E-state index in [9.17, 15) is 14.7 Å². The molecule has 0 amide bonds. The first kappa shape index (κ1) is 15.5. The molecule has 0 fully saturated rings. The standard InChI is InChI=1S/C14H15NO3.ClH/c1-9-6-11(17)12(10(2)13(9)18)14(8-16)4-3-5-15-7-14;/h3-6,16H,7-8H2,1-2H3;1H. The van der Waals surface area contributed by atoms with Gasteiger partial charge in [-0.05, 0) is 26.0 Å². The number of hydrogen-bond acceptors (Lipinski definition) is 4. The summed E-state index contributed by atoms with van der Waals surface area (Å²) in [6.45, 7) is 3.31. The van der Waals surface area contributed by atoms with E-state index >= 15 is 0 Å². The maximum absolute atomic E-state index is 12.1. The van der Waals surface area contributed by atoms with E-state index in [0.717, 1.165) is 0 Å². The normalized spacial score (nSPS) is 26.4. The van der Waals surface area contributed by atoms with Crippen molar-refractivity contribution in [1.82, 2.24) is 0 Å². The Morgan fingerprint density at radius 1 is 1.37 bits per heavy atom. The van der Waals surface area contributed by atoms with Crippen molar-refractivity contribution in [2.24, 2.45) is 10.4 Å². The number of Topliss-reactive ketones (excluding diaryl/α,β-unsaturated/α-hetero) is 1. The van der Waals surface area contributed by atoms with Crippen molar-refractivity contribution in [3.05, 3.63) is 34.9 Å². The Morgan fingerprint density at radius 2 is 2.05 bits per heavy atom. The quantitative estimate of drug-likeness (QED) is 0.779. The van der Waals surface area contributed by atoms with E-state index in [4.69, 9.17) is 0 Å². The number of halogens is 1. The molecule has 0 spiro atoms. The van der Waals surface area contributed by atoms with Gasteiger partial charge in [0.25, 0.3) is 0 Å². The van der Waals surface area contributed by atoms with E-state index in [1.165, 1.54) is 6.08 Å². The van der Waals surface area contributed by atoms with Crippen molar-refractivity contribution in [3.8, 4) is 0 Å². The Labute approximate surface area is 118 Å². The summed E-state index contributed by atoms with van der Waals surface area (Å²) in [5.74, 6) is -0.347. The summed E-state index contributed by atoms with van der Waals surface area (Å²) < 4.78 is 0. The molecule has 1 heterocycles. The average Bonchev–Trinajstić information content (AvgIpc) is 2.37. The van der Waals surface area contributed by atoms with Gasteiger partial charge in [-0.3, -0.25) is 14.6 Å². The fourth-order valence-corrected chi connectivity index (χ4v) is 2.45. The van der Waals surface area contributed by atoms with Gasteiger partial charge in [-0.15, -0.1) is 12.4 Å². The van der Waals surface area contributed by atoms with E-state index in [-0.39, 0.29) is 30.6 Å². The topological polar surface area (TPSA) is 66.7 Å². The number of aliphatic hydroxyl groups is 1. The van der Waals surface area contributed by atoms with Gasteiger partial charge in [0.05, 0.1) is 18.6 Å². The van der Waals surface area contributed by atoms with Gasteiger partial charge < -0.3 is 5.11 Å². The van der Waals surface area contributed by atoms with Gasteiger partial charge in [-0.2, -0.15) is 0 Å². The van der Waals surface area contributed by atoms with E-state index in [1.807, 2.05) is 0 Å². The Bertz CT molecular complexity index is 543. The van der Waals surface area contributed by atoms with Crippen molar-refractivity contribution in [3.63, 3.8) is 0 Å². The van der Waals surface area contributed by atoms with Gasteiger partial charge in [0, 0.05) is 22.9 Å². The molecule has 0 saturated carbocycles. The number of aliphatic imine (C=N–C) groups is 1. The number of rotatable bonds is 2. The van der Waals surface area contributed by atoms with E-state index < -0.39 is 5.41 Å². The molecule has 19 heavy (non-hydrogen) atoms. The zero-order chi connectivity index (χ0) is 13.3. The highest BCUT2D eigenvalue weighted by Gasteiger charge is 2.39. The van der Waals surface area contributed by atoms with Gasteiger partial charge in [0.15, 0.2) is 11.6 Å². The lowest BCUT2D eigenvalue weighted by molar-refractivity contribution is -0.116. The van der Waals surface area contributed by atoms with Gasteiger partial charge in [-0.1, -0.05) is 6.08 Å². The molecular formula is C14H16ClNO3. The van der Waals surface area contributed by atoms with Crippen molar-refractivity contribution in [1.29, 1.82) is 0 Å². The monoisotopic (exact) mass is 281 g/mol. The van der Waals surface area contributed by atoms with Crippen LogP contribution in [0.25, 0.3) is 0 Å². The van der Waals surface area contributed by atoms with Crippen LogP contribution in [0, 0.1) is 5.41 Å². The highest BCUT2D eigenvalue weighted by Crippen LogP contribution is 2.36. The number of aliphatic hydroxyl groups excluding tert-OH is 1. The molecule has 1 aliphatic heterocycles. The molecule has 0 aromatic rings. The molecule has 1 unspecified atom stereocenters. The summed E-state index contributed by atoms with van der Waals surface area (Å²) in [7, 11) is 0. The Kier molecular flexibility index (Phi) is 4.61. The summed E-state index contributed by atoms with van der Waals surface area (Å²) >= 11 is 0. The number of carbonyl (C=O) groups is 2. The predicted octanol–water partition coefficient (Wildman–Crippen LogP) is 1.44. The summed E-state index contributed by atoms with van der Waals surface area (Å²) in [5, 5.41) is 9.64. The third kappa shape index (κ3) is 2.46. The minimum atomic E-state index is -0.858. The van der Waals surface area contributed by atoms with Gasteiger partial charge >= 0.3 is 0 Å². The molecule has 4 nitrogen and oxygen atoms in total. The molecule has 0 radical (unpaired) electrons. The molecule has 1 N–H and O–H groups in total. The molecule has 0 aromatic heterocycles. The third-order valence-corrected chi connectivity index (χ3v) is 3.43. The molecule has 5 heteroatoms. The summed E-state index contributed by atoms with van der Waals surface area (Å²) in [5.41, 5.74) is 0.366. The number of allylic oxidation sites excluding steroid dienone is 4. The van der Waals surface area contributed by atoms with Crippen LogP contribution in [0.3, 0.4) is 0 Å². The fourth-order valence-electron chi connectivity index (χ4n) is 2.45. The molecule has 0 saturated heterocycles. The van der Waals surface area contributed by atoms with Crippen LogP contribution in [-0.2, 0) is 9.59 Å². The van der Waals surface area contributed by atoms with Crippen LogP contribution in [-0.4, -0.2) is 36.0 Å². The highest BCUT2D eigenvalue weighted by atomic mass is 35.5. The number of dihydropyridines is 1. The summed E-state index contributed by atoms with van der Waals surface area (Å²) in [6.07, 6.45) is 6.41. The van der Waals surface area contributed by atoms with Crippen LogP contribution in [0.2, 0.25) is 0 Å². The van der Waals surface area contributed by atoms with Crippen LogP contribution >= 0.6 is 12.4 Å². The Balaban J connectivity index is 0.00000180. The lowest BCUT2D eigenvalue weighted by atomic mass is 9.72. The average molecular weight is 282 g/mol. The lowest BCUT2D eigenvalue weighted by Gasteiger charge is -2.32. The maximum atomic E-state index is 12.1. The molecule has 0 aromatic carbocycles. The molecule has 102 valence electrons. The predicted molar refractivity (Wildman–Crippen MR) is 75.7 cm³/mol. The van der Waals surface area contributed by atoms with E-state index in [1.54, 1.807) is 32.2 Å². The number of carbonyl (C=O) groups excluding carboxylic acids is 2. The molecule has 1 aliphatic carbocycles. The number of ketones is 2. The van der Waals surface area contributed by atoms with Crippen molar-refractivity contribution in [2.45, 2.75) is 13.8 Å². The second-order valence-corrected chi connectivity index (χ2v) is 4.68. The zero-order valence-electron chi connectivity index (χ0n) is 10.8. The van der Waals surface area contributed by atoms with Crippen LogP contribution in [0.4, 0.5) is 0 Å². The Hall–Kier alpha value is -1.52. The maximum Gasteiger partial charge on any atom is 0.185 e. The molecular weight excluding hydrogens is 266 g/mol. The van der Waals surface area contributed by atoms with Crippen LogP contribution in [0.15, 0.2) is 39.9 Å². The lowest BCUT2D eigenvalue weighted by Crippen LogP contribution is -2.37. The smallest absolute Gasteiger partial charge is 0.185 e. The van der Waals surface area contributed by atoms with Gasteiger partial charge in [-0.25, -0.2) is 0 Å². The second-order valence-electron chi connectivity index (χ2n) is 4.68. The second kappa shape index (κ2) is 5.63. The molecule has 2 rings (SSSR count). The summed E-state index contributed by atoms with van der Waals surface area (Å²) in [4.78, 5) is 28.2. The number of hydrogen-bond donors (Lipinski definition) is 1. The minimum absolute atomic E-state index is 0. The first-order chi connectivity index (χ1) is 8.52. The largest absolute Gasteiger partial charge is 0.395 e. The highest BCUT2D eigenvalue weighted by molar-refractivity contribution is 6.23. The van der Waals surface area contributed by atoms with Crippen molar-refractivity contribution < 1.29 is 14.7 Å². The third-order valence-electron chi connectivity index (χ3n) is 3.43. The molecule has 1 atom stereocenters. The van der Waals surface area contributed by atoms with Crippen LogP contribution < -0.4 is 0 Å². The van der Waals surface area contributed by atoms with Crippen LogP contribution in [0.1, 0.15) is 13.8 Å². The van der Waals surface area contributed by atoms with E-state index in [0.29, 0.717) is 23.3 Å². The van der Waals surface area contributed by atoms with Crippen molar-refractivity contribution in [2.75, 3.05) is 13.2 Å². The molecule has 0 bridgehead atoms. The first-order valence-corrected chi connectivity index (χ1v) is 5.79. The fraction of sp³-hybridized carbons (Fsp3) is 0.357. The Morgan fingerprint density at radius 3 is 2.58 bits per heavy atom. The van der Waals surface area contributed by atoms with Gasteiger partial charge in [0.1, 0.15) is 0 Å².